The molecular weight excluding hydrogens is 264 g/mol. The fourth-order valence-corrected chi connectivity index (χ4v) is 1.84. The first kappa shape index (κ1) is 10.2. The predicted octanol–water partition coefficient (Wildman–Crippen LogP) is 0.0104. The lowest BCUT2D eigenvalue weighted by Gasteiger charge is -2.11. The molecule has 2 rings (SSSR count). The van der Waals surface area contributed by atoms with E-state index in [1.54, 1.807) is 6.07 Å². The second-order valence-electron chi connectivity index (χ2n) is 3.38. The maximum atomic E-state index is 11.5. The zero-order chi connectivity index (χ0) is 11.0. The number of rotatable bonds is 2. The number of aromatic amines is 1. The highest BCUT2D eigenvalue weighted by Gasteiger charge is 2.34. The molecule has 1 unspecified atom stereocenters. The number of nitrogens with two attached hydrogens (primary N) is 1. The van der Waals surface area contributed by atoms with Crippen LogP contribution in [0.25, 0.3) is 0 Å². The summed E-state index contributed by atoms with van der Waals surface area (Å²) in [6.07, 6.45) is 0.166. The van der Waals surface area contributed by atoms with Crippen LogP contribution >= 0.6 is 15.9 Å². The second-order valence-corrected chi connectivity index (χ2v) is 4.24. The van der Waals surface area contributed by atoms with E-state index < -0.39 is 11.8 Å². The van der Waals surface area contributed by atoms with E-state index in [2.05, 4.69) is 26.1 Å². The van der Waals surface area contributed by atoms with Crippen molar-refractivity contribution in [1.29, 1.82) is 0 Å². The molecule has 2 heterocycles. The van der Waals surface area contributed by atoms with Crippen LogP contribution < -0.4 is 10.6 Å². The van der Waals surface area contributed by atoms with Gasteiger partial charge in [0.15, 0.2) is 5.82 Å². The lowest BCUT2D eigenvalue weighted by atomic mass is 10.1. The average molecular weight is 273 g/mol. The molecule has 1 aliphatic rings. The van der Waals surface area contributed by atoms with E-state index in [1.807, 2.05) is 0 Å². The fraction of sp³-hybridized carbons (Fsp3) is 0.375. The van der Waals surface area contributed by atoms with Crippen LogP contribution in [0.2, 0.25) is 0 Å². The molecular formula is C8H9BrN4O2. The highest BCUT2D eigenvalue weighted by molar-refractivity contribution is 9.10. The van der Waals surface area contributed by atoms with Crippen molar-refractivity contribution in [3.63, 3.8) is 0 Å². The zero-order valence-corrected chi connectivity index (χ0v) is 9.32. The van der Waals surface area contributed by atoms with E-state index in [-0.39, 0.29) is 12.3 Å². The van der Waals surface area contributed by atoms with Crippen molar-refractivity contribution in [1.82, 2.24) is 10.2 Å². The van der Waals surface area contributed by atoms with Crippen LogP contribution in [0.4, 0.5) is 5.82 Å². The van der Waals surface area contributed by atoms with Crippen molar-refractivity contribution in [3.8, 4) is 0 Å². The van der Waals surface area contributed by atoms with Crippen molar-refractivity contribution < 1.29 is 9.59 Å². The SMILES string of the molecule is NC(=O)C1CC(=O)N(c2cc(Br)[nH]n2)C1. The molecule has 0 bridgehead atoms. The van der Waals surface area contributed by atoms with Crippen molar-refractivity contribution in [2.75, 3.05) is 11.4 Å². The number of anilines is 1. The number of H-pyrrole nitrogens is 1. The molecule has 1 aromatic heterocycles. The number of carbonyl (C=O) groups excluding carboxylic acids is 2. The number of primary amides is 1. The monoisotopic (exact) mass is 272 g/mol. The topological polar surface area (TPSA) is 92.1 Å². The van der Waals surface area contributed by atoms with Gasteiger partial charge in [-0.05, 0) is 15.9 Å². The van der Waals surface area contributed by atoms with Gasteiger partial charge in [-0.15, -0.1) is 0 Å². The summed E-state index contributed by atoms with van der Waals surface area (Å²) in [5.74, 6) is -0.471. The molecule has 1 saturated heterocycles. The normalized spacial score (nSPS) is 21.0. The number of nitrogens with zero attached hydrogens (tertiary/aromatic N) is 2. The molecule has 80 valence electrons. The van der Waals surface area contributed by atoms with Crippen LogP contribution in [0.3, 0.4) is 0 Å². The molecule has 0 spiro atoms. The average Bonchev–Trinajstić information content (AvgIpc) is 2.71. The van der Waals surface area contributed by atoms with Crippen LogP contribution in [-0.4, -0.2) is 28.6 Å². The molecule has 6 nitrogen and oxygen atoms in total. The largest absolute Gasteiger partial charge is 0.369 e. The van der Waals surface area contributed by atoms with Gasteiger partial charge in [-0.1, -0.05) is 0 Å². The molecule has 7 heteroatoms. The van der Waals surface area contributed by atoms with Gasteiger partial charge in [0.1, 0.15) is 4.60 Å². The standard InChI is InChI=1S/C8H9BrN4O2/c9-5-2-6(12-11-5)13-3-4(8(10)15)1-7(13)14/h2,4H,1,3H2,(H2,10,15)(H,11,12). The van der Waals surface area contributed by atoms with Crippen LogP contribution in [0.1, 0.15) is 6.42 Å². The van der Waals surface area contributed by atoms with Crippen molar-refractivity contribution >= 4 is 33.6 Å². The van der Waals surface area contributed by atoms with E-state index in [4.69, 9.17) is 5.73 Å². The summed E-state index contributed by atoms with van der Waals surface area (Å²) < 4.78 is 0.688. The highest BCUT2D eigenvalue weighted by atomic mass is 79.9. The Morgan fingerprint density at radius 2 is 2.47 bits per heavy atom. The third-order valence-electron chi connectivity index (χ3n) is 2.34. The summed E-state index contributed by atoms with van der Waals surface area (Å²) in [5.41, 5.74) is 5.15. The first-order valence-electron chi connectivity index (χ1n) is 4.38. The Balaban J connectivity index is 2.18. The smallest absolute Gasteiger partial charge is 0.229 e. The Morgan fingerprint density at radius 3 is 2.93 bits per heavy atom. The zero-order valence-electron chi connectivity index (χ0n) is 7.74. The Labute approximate surface area is 93.9 Å². The summed E-state index contributed by atoms with van der Waals surface area (Å²) >= 11 is 3.20. The fourth-order valence-electron chi connectivity index (χ4n) is 1.55. The molecule has 3 N–H and O–H groups in total. The van der Waals surface area contributed by atoms with Gasteiger partial charge in [-0.2, -0.15) is 5.10 Å². The minimum Gasteiger partial charge on any atom is -0.369 e. The van der Waals surface area contributed by atoms with Crippen LogP contribution in [0, 0.1) is 5.92 Å². The highest BCUT2D eigenvalue weighted by Crippen LogP contribution is 2.24. The summed E-state index contributed by atoms with van der Waals surface area (Å²) in [7, 11) is 0. The third kappa shape index (κ3) is 1.87. The van der Waals surface area contributed by atoms with Gasteiger partial charge in [0.2, 0.25) is 11.8 Å². The molecule has 0 aromatic carbocycles. The van der Waals surface area contributed by atoms with E-state index >= 15 is 0 Å². The van der Waals surface area contributed by atoms with Crippen molar-refractivity contribution in [2.45, 2.75) is 6.42 Å². The van der Waals surface area contributed by atoms with Crippen LogP contribution in [0.5, 0.6) is 0 Å². The van der Waals surface area contributed by atoms with Gasteiger partial charge in [-0.3, -0.25) is 19.6 Å². The lowest BCUT2D eigenvalue weighted by Crippen LogP contribution is -2.28. The first-order valence-corrected chi connectivity index (χ1v) is 5.18. The number of carbonyl (C=O) groups is 2. The Morgan fingerprint density at radius 1 is 1.73 bits per heavy atom. The maximum Gasteiger partial charge on any atom is 0.229 e. The third-order valence-corrected chi connectivity index (χ3v) is 2.74. The van der Waals surface area contributed by atoms with Gasteiger partial charge in [0.25, 0.3) is 0 Å². The molecule has 1 aliphatic heterocycles. The van der Waals surface area contributed by atoms with Crippen LogP contribution in [0.15, 0.2) is 10.7 Å². The van der Waals surface area contributed by atoms with E-state index in [9.17, 15) is 9.59 Å². The molecule has 1 aromatic rings. The number of aromatic nitrogens is 2. The molecule has 1 atom stereocenters. The minimum absolute atomic E-state index is 0.127. The molecule has 0 radical (unpaired) electrons. The Kier molecular flexibility index (Phi) is 2.47. The summed E-state index contributed by atoms with van der Waals surface area (Å²) in [4.78, 5) is 23.9. The molecule has 0 aliphatic carbocycles. The summed E-state index contributed by atoms with van der Waals surface area (Å²) in [6.45, 7) is 0.311. The van der Waals surface area contributed by atoms with Crippen molar-refractivity contribution in [3.05, 3.63) is 10.7 Å². The van der Waals surface area contributed by atoms with Crippen LogP contribution in [-0.2, 0) is 9.59 Å². The maximum absolute atomic E-state index is 11.5. The van der Waals surface area contributed by atoms with Crippen molar-refractivity contribution in [2.24, 2.45) is 11.7 Å². The van der Waals surface area contributed by atoms with Gasteiger partial charge < -0.3 is 5.73 Å². The number of hydrogen-bond donors (Lipinski definition) is 2. The predicted molar refractivity (Wildman–Crippen MR) is 55.9 cm³/mol. The lowest BCUT2D eigenvalue weighted by molar-refractivity contribution is -0.123. The quantitative estimate of drug-likeness (QED) is 0.795. The molecule has 15 heavy (non-hydrogen) atoms. The van der Waals surface area contributed by atoms with Gasteiger partial charge in [0.05, 0.1) is 5.92 Å². The van der Waals surface area contributed by atoms with E-state index in [0.717, 1.165) is 0 Å². The van der Waals surface area contributed by atoms with E-state index in [1.165, 1.54) is 4.90 Å². The van der Waals surface area contributed by atoms with Gasteiger partial charge in [0, 0.05) is 19.0 Å². The summed E-state index contributed by atoms with van der Waals surface area (Å²) in [6, 6.07) is 1.68. The summed E-state index contributed by atoms with van der Waals surface area (Å²) in [5, 5.41) is 6.59. The van der Waals surface area contributed by atoms with Gasteiger partial charge >= 0.3 is 0 Å². The Bertz CT molecular complexity index is 417. The molecule has 2 amide bonds. The Hall–Kier alpha value is -1.37. The number of halogens is 1. The number of hydrogen-bond acceptors (Lipinski definition) is 3. The van der Waals surface area contributed by atoms with Gasteiger partial charge in [-0.25, -0.2) is 0 Å². The number of nitrogens with one attached hydrogen (secondary N) is 1. The molecule has 0 saturated carbocycles. The second kappa shape index (κ2) is 3.65. The minimum atomic E-state index is -0.444. The number of amides is 2. The van der Waals surface area contributed by atoms with E-state index in [0.29, 0.717) is 17.0 Å². The first-order chi connectivity index (χ1) is 7.08. The molecule has 1 fully saturated rings.